The second-order valence-electron chi connectivity index (χ2n) is 3.62. The fourth-order valence-corrected chi connectivity index (χ4v) is 1.68. The highest BCUT2D eigenvalue weighted by molar-refractivity contribution is 5.55. The van der Waals surface area contributed by atoms with Gasteiger partial charge in [-0.3, -0.25) is 4.40 Å². The van der Waals surface area contributed by atoms with Gasteiger partial charge in [-0.2, -0.15) is 0 Å². The zero-order valence-corrected chi connectivity index (χ0v) is 8.83. The highest BCUT2D eigenvalue weighted by Crippen LogP contribution is 2.15. The quantitative estimate of drug-likeness (QED) is 0.617. The van der Waals surface area contributed by atoms with Crippen molar-refractivity contribution in [2.45, 2.75) is 6.92 Å². The summed E-state index contributed by atoms with van der Waals surface area (Å²) in [6.07, 6.45) is 1.94. The molecule has 0 aromatic carbocycles. The van der Waals surface area contributed by atoms with E-state index in [1.807, 2.05) is 53.9 Å². The summed E-state index contributed by atoms with van der Waals surface area (Å²) in [7, 11) is 0. The second kappa shape index (κ2) is 3.41. The summed E-state index contributed by atoms with van der Waals surface area (Å²) >= 11 is 0. The average Bonchev–Trinajstić information content (AvgIpc) is 2.72. The molecule has 0 radical (unpaired) electrons. The van der Waals surface area contributed by atoms with E-state index in [-0.39, 0.29) is 0 Å². The molecule has 0 aliphatic heterocycles. The van der Waals surface area contributed by atoms with Crippen molar-refractivity contribution in [3.63, 3.8) is 0 Å². The number of aromatic nitrogens is 4. The molecule has 3 aromatic rings. The first-order chi connectivity index (χ1) is 7.84. The number of fused-ring (bicyclic) bond motifs is 1. The van der Waals surface area contributed by atoms with Gasteiger partial charge in [-0.1, -0.05) is 12.1 Å². The van der Waals surface area contributed by atoms with E-state index in [1.165, 1.54) is 0 Å². The van der Waals surface area contributed by atoms with E-state index < -0.39 is 0 Å². The molecular weight excluding hydrogens is 200 g/mol. The van der Waals surface area contributed by atoms with E-state index in [0.29, 0.717) is 0 Å². The van der Waals surface area contributed by atoms with Crippen molar-refractivity contribution in [3.8, 4) is 11.5 Å². The van der Waals surface area contributed by atoms with Crippen molar-refractivity contribution < 1.29 is 0 Å². The molecule has 16 heavy (non-hydrogen) atoms. The lowest BCUT2D eigenvalue weighted by Gasteiger charge is -1.99. The van der Waals surface area contributed by atoms with E-state index in [9.17, 15) is 0 Å². The zero-order chi connectivity index (χ0) is 11.0. The maximum atomic E-state index is 4.44. The van der Waals surface area contributed by atoms with E-state index in [0.717, 1.165) is 22.9 Å². The number of hydrogen-bond acceptors (Lipinski definition) is 3. The summed E-state index contributed by atoms with van der Waals surface area (Å²) in [5, 5.41) is 8.25. The first-order valence-electron chi connectivity index (χ1n) is 5.08. The fraction of sp³-hybridized carbons (Fsp3) is 0.0833. The van der Waals surface area contributed by atoms with E-state index in [1.54, 1.807) is 0 Å². The predicted molar refractivity (Wildman–Crippen MR) is 61.0 cm³/mol. The Morgan fingerprint density at radius 1 is 1.00 bits per heavy atom. The van der Waals surface area contributed by atoms with Gasteiger partial charge in [0.15, 0.2) is 11.5 Å². The molecule has 0 spiro atoms. The first-order valence-corrected chi connectivity index (χ1v) is 5.08. The Morgan fingerprint density at radius 3 is 2.81 bits per heavy atom. The Bertz CT molecular complexity index is 642. The molecule has 3 aromatic heterocycles. The number of aryl methyl sites for hydroxylation is 1. The standard InChI is InChI=1S/C12H10N4/c1-9-5-4-6-10(13-9)12-15-14-11-7-2-3-8-16(11)12/h2-8H,1H3. The van der Waals surface area contributed by atoms with Gasteiger partial charge in [-0.25, -0.2) is 4.98 Å². The monoisotopic (exact) mass is 210 g/mol. The molecule has 4 heteroatoms. The smallest absolute Gasteiger partial charge is 0.187 e. The van der Waals surface area contributed by atoms with Gasteiger partial charge in [0.05, 0.1) is 0 Å². The molecule has 3 heterocycles. The van der Waals surface area contributed by atoms with Crippen molar-refractivity contribution in [2.75, 3.05) is 0 Å². The van der Waals surface area contributed by atoms with Crippen molar-refractivity contribution in [1.29, 1.82) is 0 Å². The lowest BCUT2D eigenvalue weighted by Crippen LogP contribution is -1.92. The Morgan fingerprint density at radius 2 is 1.94 bits per heavy atom. The third kappa shape index (κ3) is 1.35. The van der Waals surface area contributed by atoms with Crippen LogP contribution in [0.3, 0.4) is 0 Å². The van der Waals surface area contributed by atoms with E-state index in [2.05, 4.69) is 15.2 Å². The molecule has 0 saturated heterocycles. The largest absolute Gasteiger partial charge is 0.281 e. The van der Waals surface area contributed by atoms with Crippen molar-refractivity contribution in [1.82, 2.24) is 19.6 Å². The predicted octanol–water partition coefficient (Wildman–Crippen LogP) is 2.10. The molecule has 78 valence electrons. The number of nitrogens with zero attached hydrogens (tertiary/aromatic N) is 4. The first kappa shape index (κ1) is 9.03. The normalized spacial score (nSPS) is 10.8. The van der Waals surface area contributed by atoms with E-state index in [4.69, 9.17) is 0 Å². The number of rotatable bonds is 1. The van der Waals surface area contributed by atoms with Gasteiger partial charge in [0.2, 0.25) is 0 Å². The summed E-state index contributed by atoms with van der Waals surface area (Å²) in [5.74, 6) is 0.777. The van der Waals surface area contributed by atoms with Crippen molar-refractivity contribution in [3.05, 3.63) is 48.3 Å². The molecule has 0 fully saturated rings. The molecule has 0 saturated carbocycles. The number of hydrogen-bond donors (Lipinski definition) is 0. The van der Waals surface area contributed by atoms with Gasteiger partial charge in [-0.15, -0.1) is 10.2 Å². The molecule has 0 atom stereocenters. The van der Waals surface area contributed by atoms with Crippen molar-refractivity contribution in [2.24, 2.45) is 0 Å². The molecule has 0 bridgehead atoms. The molecule has 0 N–H and O–H groups in total. The Hall–Kier alpha value is -2.23. The number of pyridine rings is 2. The minimum absolute atomic E-state index is 0.777. The lowest BCUT2D eigenvalue weighted by molar-refractivity contribution is 1.08. The van der Waals surface area contributed by atoms with Crippen molar-refractivity contribution >= 4 is 5.65 Å². The van der Waals surface area contributed by atoms with Crippen LogP contribution in [0.1, 0.15) is 5.69 Å². The maximum Gasteiger partial charge on any atom is 0.187 e. The molecule has 0 amide bonds. The Labute approximate surface area is 92.6 Å². The summed E-state index contributed by atoms with van der Waals surface area (Å²) in [6.45, 7) is 1.97. The molecule has 0 aliphatic rings. The minimum Gasteiger partial charge on any atom is -0.281 e. The summed E-state index contributed by atoms with van der Waals surface area (Å²) in [6, 6.07) is 11.7. The van der Waals surface area contributed by atoms with Gasteiger partial charge in [0.1, 0.15) is 5.69 Å². The Balaban J connectivity index is 2.26. The topological polar surface area (TPSA) is 43.1 Å². The van der Waals surface area contributed by atoms with Crippen LogP contribution < -0.4 is 0 Å². The van der Waals surface area contributed by atoms with Crippen LogP contribution in [0, 0.1) is 6.92 Å². The molecular formula is C12H10N4. The van der Waals surface area contributed by atoms with Gasteiger partial charge >= 0.3 is 0 Å². The van der Waals surface area contributed by atoms with Crippen LogP contribution in [0.25, 0.3) is 17.2 Å². The van der Waals surface area contributed by atoms with Crippen LogP contribution in [0.4, 0.5) is 0 Å². The highest BCUT2D eigenvalue weighted by atomic mass is 15.2. The SMILES string of the molecule is Cc1cccc(-c2nnc3ccccn23)n1. The van der Waals surface area contributed by atoms with Gasteiger partial charge in [0, 0.05) is 11.9 Å². The highest BCUT2D eigenvalue weighted by Gasteiger charge is 2.07. The fourth-order valence-electron chi connectivity index (χ4n) is 1.68. The Kier molecular flexibility index (Phi) is 1.93. The van der Waals surface area contributed by atoms with Crippen LogP contribution in [-0.4, -0.2) is 19.6 Å². The third-order valence-corrected chi connectivity index (χ3v) is 2.43. The van der Waals surface area contributed by atoms with Crippen LogP contribution in [0.5, 0.6) is 0 Å². The van der Waals surface area contributed by atoms with Crippen LogP contribution in [0.15, 0.2) is 42.6 Å². The molecule has 0 aliphatic carbocycles. The third-order valence-electron chi connectivity index (χ3n) is 2.43. The van der Waals surface area contributed by atoms with E-state index >= 15 is 0 Å². The molecule has 3 rings (SSSR count). The summed E-state index contributed by atoms with van der Waals surface area (Å²) in [4.78, 5) is 4.44. The van der Waals surface area contributed by atoms with Gasteiger partial charge in [-0.05, 0) is 31.2 Å². The summed E-state index contributed by atoms with van der Waals surface area (Å²) in [5.41, 5.74) is 2.66. The lowest BCUT2D eigenvalue weighted by atomic mass is 10.3. The minimum atomic E-state index is 0.777. The zero-order valence-electron chi connectivity index (χ0n) is 8.83. The van der Waals surface area contributed by atoms with Crippen LogP contribution in [0.2, 0.25) is 0 Å². The van der Waals surface area contributed by atoms with Crippen LogP contribution >= 0.6 is 0 Å². The maximum absolute atomic E-state index is 4.44. The molecule has 0 unspecified atom stereocenters. The van der Waals surface area contributed by atoms with Gasteiger partial charge in [0.25, 0.3) is 0 Å². The molecule has 4 nitrogen and oxygen atoms in total. The average molecular weight is 210 g/mol. The van der Waals surface area contributed by atoms with Gasteiger partial charge < -0.3 is 0 Å². The second-order valence-corrected chi connectivity index (χ2v) is 3.62. The van der Waals surface area contributed by atoms with Crippen LogP contribution in [-0.2, 0) is 0 Å². The summed E-state index contributed by atoms with van der Waals surface area (Å²) < 4.78 is 1.93.